The largest absolute Gasteiger partial charge is 0.342 e. The van der Waals surface area contributed by atoms with Crippen molar-refractivity contribution in [3.63, 3.8) is 0 Å². The average Bonchev–Trinajstić information content (AvgIpc) is 2.59. The molecule has 1 aromatic rings. The van der Waals surface area contributed by atoms with Crippen LogP contribution in [0.2, 0.25) is 0 Å². The number of hydrogen-bond acceptors (Lipinski definition) is 2. The molecule has 0 unspecified atom stereocenters. The first-order chi connectivity index (χ1) is 7.02. The quantitative estimate of drug-likeness (QED) is 0.822. The number of carbonyl (C=O) groups is 1. The number of rotatable bonds is 4. The molecule has 0 saturated carbocycles. The van der Waals surface area contributed by atoms with Crippen molar-refractivity contribution in [1.82, 2.24) is 15.1 Å². The van der Waals surface area contributed by atoms with E-state index in [4.69, 9.17) is 0 Å². The highest BCUT2D eigenvalue weighted by molar-refractivity contribution is 5.94. The van der Waals surface area contributed by atoms with Gasteiger partial charge in [0.25, 0.3) is 5.91 Å². The van der Waals surface area contributed by atoms with Gasteiger partial charge in [0.05, 0.1) is 11.8 Å². The van der Waals surface area contributed by atoms with Crippen LogP contribution in [0.25, 0.3) is 0 Å². The van der Waals surface area contributed by atoms with Crippen LogP contribution >= 0.6 is 0 Å². The minimum atomic E-state index is 0.0434. The van der Waals surface area contributed by atoms with Gasteiger partial charge in [-0.1, -0.05) is 13.8 Å². The summed E-state index contributed by atoms with van der Waals surface area (Å²) in [6.45, 7) is 6.96. The summed E-state index contributed by atoms with van der Waals surface area (Å²) in [5, 5.41) is 6.62. The molecule has 1 rings (SSSR count). The van der Waals surface area contributed by atoms with Crippen molar-refractivity contribution in [1.29, 1.82) is 0 Å². The number of carbonyl (C=O) groups excluding carboxylic acids is 1. The maximum absolute atomic E-state index is 11.9. The Morgan fingerprint density at radius 2 is 2.27 bits per heavy atom. The third kappa shape index (κ3) is 3.08. The average molecular weight is 209 g/mol. The zero-order valence-electron chi connectivity index (χ0n) is 9.87. The molecule has 1 amide bonds. The van der Waals surface area contributed by atoms with Gasteiger partial charge in [0.15, 0.2) is 0 Å². The Bertz CT molecular complexity index is 330. The Morgan fingerprint density at radius 3 is 2.73 bits per heavy atom. The standard InChI is InChI=1S/C11H19N3O/c1-8(2)5-6-14(4)11(15)10-7-12-13-9(10)3/h7-8H,5-6H2,1-4H3,(H,12,13). The fourth-order valence-corrected chi connectivity index (χ4v) is 1.33. The number of aromatic amines is 1. The Hall–Kier alpha value is -1.32. The molecule has 15 heavy (non-hydrogen) atoms. The first-order valence-electron chi connectivity index (χ1n) is 5.27. The molecular weight excluding hydrogens is 190 g/mol. The summed E-state index contributed by atoms with van der Waals surface area (Å²) in [6, 6.07) is 0. The molecular formula is C11H19N3O. The summed E-state index contributed by atoms with van der Waals surface area (Å²) < 4.78 is 0. The molecule has 84 valence electrons. The van der Waals surface area contributed by atoms with Gasteiger partial charge in [-0.25, -0.2) is 0 Å². The summed E-state index contributed by atoms with van der Waals surface area (Å²) in [5.41, 5.74) is 1.50. The second-order valence-electron chi connectivity index (χ2n) is 4.32. The summed E-state index contributed by atoms with van der Waals surface area (Å²) in [4.78, 5) is 13.7. The van der Waals surface area contributed by atoms with Crippen molar-refractivity contribution in [2.45, 2.75) is 27.2 Å². The van der Waals surface area contributed by atoms with Crippen LogP contribution in [0.5, 0.6) is 0 Å². The molecule has 0 aliphatic rings. The van der Waals surface area contributed by atoms with Crippen molar-refractivity contribution in [2.75, 3.05) is 13.6 Å². The van der Waals surface area contributed by atoms with Gasteiger partial charge in [0, 0.05) is 19.3 Å². The minimum Gasteiger partial charge on any atom is -0.342 e. The molecule has 1 aromatic heterocycles. The number of aromatic nitrogens is 2. The Labute approximate surface area is 90.7 Å². The van der Waals surface area contributed by atoms with Gasteiger partial charge in [0.2, 0.25) is 0 Å². The molecule has 0 atom stereocenters. The molecule has 0 spiro atoms. The van der Waals surface area contributed by atoms with Gasteiger partial charge in [-0.2, -0.15) is 5.10 Å². The minimum absolute atomic E-state index is 0.0434. The highest BCUT2D eigenvalue weighted by Crippen LogP contribution is 2.08. The zero-order valence-corrected chi connectivity index (χ0v) is 9.87. The van der Waals surface area contributed by atoms with Crippen molar-refractivity contribution in [3.05, 3.63) is 17.5 Å². The Kier molecular flexibility index (Phi) is 3.88. The topological polar surface area (TPSA) is 49.0 Å². The molecule has 0 saturated heterocycles. The van der Waals surface area contributed by atoms with E-state index in [1.807, 2.05) is 14.0 Å². The fraction of sp³-hybridized carbons (Fsp3) is 0.636. The predicted molar refractivity (Wildman–Crippen MR) is 59.7 cm³/mol. The first kappa shape index (κ1) is 11.8. The van der Waals surface area contributed by atoms with E-state index in [1.54, 1.807) is 11.1 Å². The van der Waals surface area contributed by atoms with E-state index in [9.17, 15) is 4.79 Å². The highest BCUT2D eigenvalue weighted by atomic mass is 16.2. The number of aryl methyl sites for hydroxylation is 1. The predicted octanol–water partition coefficient (Wildman–Crippen LogP) is 1.84. The third-order valence-electron chi connectivity index (χ3n) is 2.45. The van der Waals surface area contributed by atoms with Gasteiger partial charge in [-0.15, -0.1) is 0 Å². The van der Waals surface area contributed by atoms with Gasteiger partial charge in [0.1, 0.15) is 0 Å². The Balaban J connectivity index is 2.57. The van der Waals surface area contributed by atoms with Crippen LogP contribution < -0.4 is 0 Å². The summed E-state index contributed by atoms with van der Waals surface area (Å²) >= 11 is 0. The maximum Gasteiger partial charge on any atom is 0.257 e. The van der Waals surface area contributed by atoms with Crippen LogP contribution in [0.3, 0.4) is 0 Å². The van der Waals surface area contributed by atoms with E-state index in [0.717, 1.165) is 18.7 Å². The fourth-order valence-electron chi connectivity index (χ4n) is 1.33. The lowest BCUT2D eigenvalue weighted by Crippen LogP contribution is -2.28. The van der Waals surface area contributed by atoms with E-state index >= 15 is 0 Å². The van der Waals surface area contributed by atoms with Gasteiger partial charge < -0.3 is 4.90 Å². The summed E-state index contributed by atoms with van der Waals surface area (Å²) in [5.74, 6) is 0.660. The van der Waals surface area contributed by atoms with E-state index in [1.165, 1.54) is 0 Å². The summed E-state index contributed by atoms with van der Waals surface area (Å²) in [7, 11) is 1.83. The molecule has 0 aliphatic heterocycles. The van der Waals surface area contributed by atoms with Crippen LogP contribution in [0.1, 0.15) is 36.3 Å². The molecule has 4 heteroatoms. The number of amides is 1. The van der Waals surface area contributed by atoms with Crippen LogP contribution in [-0.2, 0) is 0 Å². The molecule has 0 radical (unpaired) electrons. The normalized spacial score (nSPS) is 10.7. The number of nitrogens with zero attached hydrogens (tertiary/aromatic N) is 2. The zero-order chi connectivity index (χ0) is 11.4. The van der Waals surface area contributed by atoms with Crippen molar-refractivity contribution >= 4 is 5.91 Å². The maximum atomic E-state index is 11.9. The molecule has 0 bridgehead atoms. The molecule has 4 nitrogen and oxygen atoms in total. The second kappa shape index (κ2) is 4.96. The lowest BCUT2D eigenvalue weighted by atomic mass is 10.1. The summed E-state index contributed by atoms with van der Waals surface area (Å²) in [6.07, 6.45) is 2.61. The van der Waals surface area contributed by atoms with Gasteiger partial charge in [-0.05, 0) is 19.3 Å². The van der Waals surface area contributed by atoms with Crippen molar-refractivity contribution in [2.24, 2.45) is 5.92 Å². The van der Waals surface area contributed by atoms with Crippen LogP contribution in [0, 0.1) is 12.8 Å². The molecule has 1 heterocycles. The third-order valence-corrected chi connectivity index (χ3v) is 2.45. The van der Waals surface area contributed by atoms with Gasteiger partial charge >= 0.3 is 0 Å². The number of nitrogens with one attached hydrogen (secondary N) is 1. The highest BCUT2D eigenvalue weighted by Gasteiger charge is 2.15. The molecule has 0 aliphatic carbocycles. The van der Waals surface area contributed by atoms with Crippen molar-refractivity contribution in [3.8, 4) is 0 Å². The smallest absolute Gasteiger partial charge is 0.257 e. The Morgan fingerprint density at radius 1 is 1.60 bits per heavy atom. The van der Waals surface area contributed by atoms with Crippen molar-refractivity contribution < 1.29 is 4.79 Å². The molecule has 0 fully saturated rings. The first-order valence-corrected chi connectivity index (χ1v) is 5.27. The van der Waals surface area contributed by atoms with E-state index in [0.29, 0.717) is 11.5 Å². The lowest BCUT2D eigenvalue weighted by molar-refractivity contribution is 0.0788. The lowest BCUT2D eigenvalue weighted by Gasteiger charge is -2.17. The van der Waals surface area contributed by atoms with E-state index < -0.39 is 0 Å². The van der Waals surface area contributed by atoms with E-state index in [-0.39, 0.29) is 5.91 Å². The van der Waals surface area contributed by atoms with Crippen LogP contribution in [0.4, 0.5) is 0 Å². The van der Waals surface area contributed by atoms with E-state index in [2.05, 4.69) is 24.0 Å². The molecule has 1 N–H and O–H groups in total. The van der Waals surface area contributed by atoms with Crippen LogP contribution in [0.15, 0.2) is 6.20 Å². The van der Waals surface area contributed by atoms with Gasteiger partial charge in [-0.3, -0.25) is 9.89 Å². The van der Waals surface area contributed by atoms with Crippen LogP contribution in [-0.4, -0.2) is 34.6 Å². The molecule has 0 aromatic carbocycles. The monoisotopic (exact) mass is 209 g/mol. The number of H-pyrrole nitrogens is 1. The SMILES string of the molecule is Cc1[nH]ncc1C(=O)N(C)CCC(C)C. The second-order valence-corrected chi connectivity index (χ2v) is 4.32. The number of hydrogen-bond donors (Lipinski definition) is 1.